The van der Waals surface area contributed by atoms with Crippen LogP contribution in [0, 0.1) is 6.92 Å². The van der Waals surface area contributed by atoms with Crippen LogP contribution in [-0.2, 0) is 35.5 Å². The van der Waals surface area contributed by atoms with E-state index in [4.69, 9.17) is 4.74 Å². The van der Waals surface area contributed by atoms with Gasteiger partial charge in [0, 0.05) is 30.3 Å². The average Bonchev–Trinajstić information content (AvgIpc) is 2.91. The summed E-state index contributed by atoms with van der Waals surface area (Å²) in [5.74, 6) is -2.43. The molecule has 0 saturated carbocycles. The van der Waals surface area contributed by atoms with Crippen molar-refractivity contribution in [1.29, 1.82) is 0 Å². The Hall–Kier alpha value is -4.53. The van der Waals surface area contributed by atoms with Gasteiger partial charge in [0.1, 0.15) is 5.75 Å². The summed E-state index contributed by atoms with van der Waals surface area (Å²) in [6.07, 6.45) is 1.72. The Bertz CT molecular complexity index is 1720. The van der Waals surface area contributed by atoms with E-state index in [0.29, 0.717) is 24.2 Å². The molecule has 0 spiro atoms. The highest BCUT2D eigenvalue weighted by Crippen LogP contribution is 2.34. The Morgan fingerprint density at radius 2 is 1.79 bits per heavy atom. The van der Waals surface area contributed by atoms with E-state index in [1.165, 1.54) is 29.9 Å². The van der Waals surface area contributed by atoms with Gasteiger partial charge in [0.25, 0.3) is 11.1 Å². The summed E-state index contributed by atoms with van der Waals surface area (Å²) in [4.78, 5) is 40.2. The van der Waals surface area contributed by atoms with E-state index >= 15 is 0 Å². The van der Waals surface area contributed by atoms with Crippen molar-refractivity contribution in [2.24, 2.45) is 0 Å². The van der Waals surface area contributed by atoms with Crippen LogP contribution < -0.4 is 11.1 Å². The van der Waals surface area contributed by atoms with E-state index in [1.807, 2.05) is 18.2 Å². The number of ether oxygens (including phenoxy) is 1. The van der Waals surface area contributed by atoms with Crippen LogP contribution in [0.25, 0.3) is 10.9 Å². The number of aromatic hydroxyl groups is 3. The monoisotopic (exact) mass is 530 g/mol. The number of nitrogens with zero attached hydrogens (tertiary/aromatic N) is 2. The molecule has 3 heterocycles. The summed E-state index contributed by atoms with van der Waals surface area (Å²) in [6.45, 7) is 2.41. The number of pyridine rings is 2. The predicted octanol–water partition coefficient (Wildman–Crippen LogP) is 3.47. The number of para-hydroxylation sites is 1. The molecule has 5 rings (SSSR count). The van der Waals surface area contributed by atoms with Gasteiger partial charge in [-0.1, -0.05) is 24.3 Å². The number of benzene rings is 2. The lowest BCUT2D eigenvalue weighted by atomic mass is 9.87. The fourth-order valence-electron chi connectivity index (χ4n) is 5.59. The number of carbonyl (C=O) groups excluding carboxylic acids is 1. The van der Waals surface area contributed by atoms with Crippen LogP contribution in [-0.4, -0.2) is 37.5 Å². The van der Waals surface area contributed by atoms with Crippen molar-refractivity contribution >= 4 is 16.9 Å². The van der Waals surface area contributed by atoms with Gasteiger partial charge in [-0.2, -0.15) is 0 Å². The number of carbonyl (C=O) groups is 1. The lowest BCUT2D eigenvalue weighted by Gasteiger charge is -2.24. The topological polar surface area (TPSA) is 131 Å². The molecule has 0 radical (unpaired) electrons. The summed E-state index contributed by atoms with van der Waals surface area (Å²) in [5, 5.41) is 31.3. The Balaban J connectivity index is 1.65. The second-order valence-electron chi connectivity index (χ2n) is 9.96. The molecular formula is C30H30N2O7. The number of methoxy groups -OCH3 is 1. The Kier molecular flexibility index (Phi) is 6.91. The second kappa shape index (κ2) is 10.3. The molecular weight excluding hydrogens is 500 g/mol. The summed E-state index contributed by atoms with van der Waals surface area (Å²) in [5.41, 5.74) is 2.51. The molecule has 2 aromatic carbocycles. The fourth-order valence-corrected chi connectivity index (χ4v) is 5.59. The molecule has 0 bridgehead atoms. The number of aromatic nitrogens is 2. The van der Waals surface area contributed by atoms with Crippen LogP contribution in [0.15, 0.2) is 58.1 Å². The van der Waals surface area contributed by atoms with Gasteiger partial charge in [-0.15, -0.1) is 0 Å². The Morgan fingerprint density at radius 1 is 1.00 bits per heavy atom. The van der Waals surface area contributed by atoms with Crippen molar-refractivity contribution in [3.8, 4) is 17.2 Å². The van der Waals surface area contributed by atoms with Crippen LogP contribution in [0.3, 0.4) is 0 Å². The maximum atomic E-state index is 13.9. The normalized spacial score (nSPS) is 13.4. The van der Waals surface area contributed by atoms with Gasteiger partial charge >= 0.3 is 5.97 Å². The number of hydrogen-bond donors (Lipinski definition) is 3. The average molecular weight is 531 g/mol. The van der Waals surface area contributed by atoms with Crippen molar-refractivity contribution in [1.82, 2.24) is 9.13 Å². The van der Waals surface area contributed by atoms with E-state index in [1.54, 1.807) is 23.6 Å². The van der Waals surface area contributed by atoms with Gasteiger partial charge in [0.2, 0.25) is 0 Å². The fraction of sp³-hybridized carbons (Fsp3) is 0.300. The highest BCUT2D eigenvalue weighted by Gasteiger charge is 2.30. The van der Waals surface area contributed by atoms with Crippen LogP contribution in [0.4, 0.5) is 0 Å². The van der Waals surface area contributed by atoms with Crippen molar-refractivity contribution < 1.29 is 24.9 Å². The van der Waals surface area contributed by atoms with Crippen LogP contribution in [0.1, 0.15) is 46.7 Å². The van der Waals surface area contributed by atoms with Crippen molar-refractivity contribution in [2.45, 2.75) is 51.6 Å². The van der Waals surface area contributed by atoms with E-state index in [2.05, 4.69) is 0 Å². The first-order valence-electron chi connectivity index (χ1n) is 12.9. The molecule has 1 aliphatic rings. The molecule has 4 aromatic rings. The highest BCUT2D eigenvalue weighted by molar-refractivity contribution is 5.84. The van der Waals surface area contributed by atoms with E-state index in [0.717, 1.165) is 29.3 Å². The van der Waals surface area contributed by atoms with Gasteiger partial charge in [-0.05, 0) is 67.0 Å². The van der Waals surface area contributed by atoms with Gasteiger partial charge in [-0.3, -0.25) is 14.4 Å². The first-order chi connectivity index (χ1) is 18.7. The summed E-state index contributed by atoms with van der Waals surface area (Å²) in [6, 6.07) is 13.4. The highest BCUT2D eigenvalue weighted by atomic mass is 16.5. The zero-order valence-corrected chi connectivity index (χ0v) is 21.8. The maximum absolute atomic E-state index is 13.9. The minimum Gasteiger partial charge on any atom is -0.507 e. The molecule has 202 valence electrons. The Labute approximate surface area is 224 Å². The van der Waals surface area contributed by atoms with Gasteiger partial charge < -0.3 is 29.2 Å². The van der Waals surface area contributed by atoms with Crippen molar-refractivity contribution in [2.75, 3.05) is 7.11 Å². The predicted molar refractivity (Wildman–Crippen MR) is 146 cm³/mol. The molecule has 39 heavy (non-hydrogen) atoms. The SMILES string of the molecule is COC(=O)C[C@H](c1c(O)cc(C)n(CCc2ccc(O)c(O)c2)c1=O)c1cc2cccc3c2n(c1=O)CCC3. The number of phenolic OH excluding ortho intramolecular Hbond substituents is 2. The standard InChI is InChI=1S/C30H30N2O7/c1-17-13-25(35)27(30(38)31(17)12-10-18-8-9-23(33)24(34)14-18)21(16-26(36)39-2)22-15-20-6-3-5-19-7-4-11-32(28(19)20)29(22)37/h3,5-6,8-9,13-15,21,33-35H,4,7,10-12,16H2,1-2H3/t21-/m0/s1. The smallest absolute Gasteiger partial charge is 0.306 e. The summed E-state index contributed by atoms with van der Waals surface area (Å²) < 4.78 is 8.09. The lowest BCUT2D eigenvalue weighted by Crippen LogP contribution is -2.33. The summed E-state index contributed by atoms with van der Waals surface area (Å²) >= 11 is 0. The van der Waals surface area contributed by atoms with Crippen LogP contribution in [0.2, 0.25) is 0 Å². The van der Waals surface area contributed by atoms with Crippen LogP contribution in [0.5, 0.6) is 17.2 Å². The van der Waals surface area contributed by atoms with Crippen LogP contribution >= 0.6 is 0 Å². The van der Waals surface area contributed by atoms with Gasteiger partial charge in [-0.25, -0.2) is 0 Å². The van der Waals surface area contributed by atoms with E-state index < -0.39 is 17.4 Å². The maximum Gasteiger partial charge on any atom is 0.306 e. The van der Waals surface area contributed by atoms with E-state index in [-0.39, 0.29) is 46.9 Å². The van der Waals surface area contributed by atoms with Crippen molar-refractivity contribution in [3.05, 3.63) is 97.2 Å². The molecule has 1 atom stereocenters. The first-order valence-corrected chi connectivity index (χ1v) is 12.9. The third kappa shape index (κ3) is 4.76. The Morgan fingerprint density at radius 3 is 2.54 bits per heavy atom. The molecule has 0 amide bonds. The molecule has 9 nitrogen and oxygen atoms in total. The molecule has 0 unspecified atom stereocenters. The molecule has 2 aromatic heterocycles. The van der Waals surface area contributed by atoms with Gasteiger partial charge in [0.15, 0.2) is 11.5 Å². The number of hydrogen-bond acceptors (Lipinski definition) is 7. The van der Waals surface area contributed by atoms with Gasteiger partial charge in [0.05, 0.1) is 24.6 Å². The third-order valence-corrected chi connectivity index (χ3v) is 7.56. The zero-order chi connectivity index (χ0) is 27.8. The van der Waals surface area contributed by atoms with Crippen molar-refractivity contribution in [3.63, 3.8) is 0 Å². The van der Waals surface area contributed by atoms with E-state index in [9.17, 15) is 29.7 Å². The molecule has 0 fully saturated rings. The quantitative estimate of drug-likeness (QED) is 0.246. The minimum absolute atomic E-state index is 0.0456. The number of aryl methyl sites for hydroxylation is 4. The first kappa shape index (κ1) is 26.1. The number of rotatable bonds is 7. The zero-order valence-electron chi connectivity index (χ0n) is 21.8. The number of phenols is 2. The molecule has 3 N–H and O–H groups in total. The molecule has 0 aliphatic carbocycles. The lowest BCUT2D eigenvalue weighted by molar-refractivity contribution is -0.140. The largest absolute Gasteiger partial charge is 0.507 e. The second-order valence-corrected chi connectivity index (χ2v) is 9.96. The number of esters is 1. The molecule has 9 heteroatoms. The molecule has 1 aliphatic heterocycles. The third-order valence-electron chi connectivity index (χ3n) is 7.56. The minimum atomic E-state index is -1.03. The molecule has 0 saturated heterocycles. The summed E-state index contributed by atoms with van der Waals surface area (Å²) in [7, 11) is 1.24.